The van der Waals surface area contributed by atoms with Crippen molar-refractivity contribution in [2.24, 2.45) is 0 Å². The summed E-state index contributed by atoms with van der Waals surface area (Å²) in [5.41, 5.74) is 1.63. The molecule has 1 N–H and O–H groups in total. The minimum atomic E-state index is -0.521. The van der Waals surface area contributed by atoms with E-state index in [0.717, 1.165) is 12.0 Å². The minimum absolute atomic E-state index is 0.0238. The average Bonchev–Trinajstić information content (AvgIpc) is 3.28. The lowest BCUT2D eigenvalue weighted by atomic mass is 10.0. The highest BCUT2D eigenvalue weighted by Crippen LogP contribution is 2.54. The minimum Gasteiger partial charge on any atom is -0.497 e. The van der Waals surface area contributed by atoms with Crippen molar-refractivity contribution >= 4 is 29.3 Å². The number of nitrogens with one attached hydrogen (secondary N) is 1. The van der Waals surface area contributed by atoms with Crippen LogP contribution in [0.3, 0.4) is 0 Å². The summed E-state index contributed by atoms with van der Waals surface area (Å²) in [6.45, 7) is 0. The number of hydrogen-bond acceptors (Lipinski definition) is 5. The second-order valence-corrected chi connectivity index (χ2v) is 8.09. The Kier molecular flexibility index (Phi) is 4.93. The van der Waals surface area contributed by atoms with Gasteiger partial charge in [-0.15, -0.1) is 11.8 Å². The zero-order chi connectivity index (χ0) is 19.7. The normalized spacial score (nSPS) is 23.4. The molecule has 2 aromatic rings. The van der Waals surface area contributed by atoms with Gasteiger partial charge in [0.25, 0.3) is 0 Å². The molecule has 2 atom stereocenters. The van der Waals surface area contributed by atoms with Crippen molar-refractivity contribution in [1.29, 1.82) is 0 Å². The first-order valence-corrected chi connectivity index (χ1v) is 10.1. The standard InChI is InChI=1S/C21H22N2O4S/c1-26-15-8-9-16(18(12-15)27-2)22-20(25)17-13-28-21(11-10-19(24)23(17)21)14-6-4-3-5-7-14/h3-9,12,17H,10-11,13H2,1-2H3,(H,22,25)/t17-,21-/m0/s1. The number of fused-ring (bicyclic) bond motifs is 1. The Morgan fingerprint density at radius 1 is 1.18 bits per heavy atom. The first-order chi connectivity index (χ1) is 13.6. The number of nitrogens with zero attached hydrogens (tertiary/aromatic N) is 1. The molecule has 0 aromatic heterocycles. The largest absolute Gasteiger partial charge is 0.497 e. The van der Waals surface area contributed by atoms with Crippen molar-refractivity contribution in [1.82, 2.24) is 4.90 Å². The number of thioether (sulfide) groups is 1. The quantitative estimate of drug-likeness (QED) is 0.838. The lowest BCUT2D eigenvalue weighted by molar-refractivity contribution is -0.136. The number of methoxy groups -OCH3 is 2. The molecule has 2 heterocycles. The van der Waals surface area contributed by atoms with E-state index in [4.69, 9.17) is 9.47 Å². The van der Waals surface area contributed by atoms with Crippen LogP contribution in [0.5, 0.6) is 11.5 Å². The summed E-state index contributed by atoms with van der Waals surface area (Å²) >= 11 is 1.67. The molecule has 0 aliphatic carbocycles. The fourth-order valence-electron chi connectivity index (χ4n) is 3.95. The van der Waals surface area contributed by atoms with E-state index in [1.54, 1.807) is 49.1 Å². The fraction of sp³-hybridized carbons (Fsp3) is 0.333. The maximum absolute atomic E-state index is 13.1. The number of amides is 2. The third-order valence-electron chi connectivity index (χ3n) is 5.32. The van der Waals surface area contributed by atoms with Gasteiger partial charge in [0.1, 0.15) is 22.4 Å². The van der Waals surface area contributed by atoms with Gasteiger partial charge in [0.2, 0.25) is 11.8 Å². The predicted octanol–water partition coefficient (Wildman–Crippen LogP) is 3.23. The summed E-state index contributed by atoms with van der Waals surface area (Å²) in [6.07, 6.45) is 1.17. The number of ether oxygens (including phenoxy) is 2. The molecule has 0 radical (unpaired) electrons. The van der Waals surface area contributed by atoms with Crippen molar-refractivity contribution in [2.75, 3.05) is 25.3 Å². The van der Waals surface area contributed by atoms with E-state index >= 15 is 0 Å². The number of hydrogen-bond donors (Lipinski definition) is 1. The molecule has 6 nitrogen and oxygen atoms in total. The monoisotopic (exact) mass is 398 g/mol. The van der Waals surface area contributed by atoms with Crippen LogP contribution in [-0.4, -0.2) is 42.7 Å². The summed E-state index contributed by atoms with van der Waals surface area (Å²) in [5.74, 6) is 1.54. The third-order valence-corrected chi connectivity index (χ3v) is 6.92. The molecule has 2 aliphatic heterocycles. The van der Waals surface area contributed by atoms with Gasteiger partial charge in [0.15, 0.2) is 0 Å². The maximum atomic E-state index is 13.1. The lowest BCUT2D eigenvalue weighted by Gasteiger charge is -2.34. The van der Waals surface area contributed by atoms with E-state index < -0.39 is 10.9 Å². The SMILES string of the molecule is COc1ccc(NC(=O)[C@@H]2CS[C@]3(c4ccccc4)CCC(=O)N23)c(OC)c1. The molecule has 2 aromatic carbocycles. The Morgan fingerprint density at radius 3 is 2.68 bits per heavy atom. The van der Waals surface area contributed by atoms with Crippen molar-refractivity contribution in [2.45, 2.75) is 23.8 Å². The first kappa shape index (κ1) is 18.7. The van der Waals surface area contributed by atoms with Gasteiger partial charge in [-0.2, -0.15) is 0 Å². The van der Waals surface area contributed by atoms with Crippen LogP contribution in [0.4, 0.5) is 5.69 Å². The first-order valence-electron chi connectivity index (χ1n) is 9.13. The van der Waals surface area contributed by atoms with E-state index in [9.17, 15) is 9.59 Å². The summed E-state index contributed by atoms with van der Waals surface area (Å²) in [6, 6.07) is 14.7. The number of benzene rings is 2. The van der Waals surface area contributed by atoms with Crippen LogP contribution in [0, 0.1) is 0 Å². The van der Waals surface area contributed by atoms with Crippen LogP contribution in [-0.2, 0) is 14.5 Å². The molecule has 146 valence electrons. The molecule has 2 saturated heterocycles. The molecule has 0 saturated carbocycles. The Morgan fingerprint density at radius 2 is 1.96 bits per heavy atom. The zero-order valence-electron chi connectivity index (χ0n) is 15.8. The zero-order valence-corrected chi connectivity index (χ0v) is 16.6. The average molecular weight is 398 g/mol. The second-order valence-electron chi connectivity index (χ2n) is 6.80. The molecule has 2 aliphatic rings. The third kappa shape index (κ3) is 2.99. The van der Waals surface area contributed by atoms with E-state index in [2.05, 4.69) is 5.32 Å². The van der Waals surface area contributed by atoms with Crippen LogP contribution in [0.25, 0.3) is 0 Å². The fourth-order valence-corrected chi connectivity index (χ4v) is 5.60. The highest BCUT2D eigenvalue weighted by Gasteiger charge is 2.56. The summed E-state index contributed by atoms with van der Waals surface area (Å²) in [4.78, 5) is 27.1. The van der Waals surface area contributed by atoms with E-state index in [-0.39, 0.29) is 11.8 Å². The number of carbonyl (C=O) groups excluding carboxylic acids is 2. The number of carbonyl (C=O) groups is 2. The van der Waals surface area contributed by atoms with Gasteiger partial charge in [-0.05, 0) is 24.1 Å². The highest BCUT2D eigenvalue weighted by molar-refractivity contribution is 8.00. The van der Waals surface area contributed by atoms with Crippen molar-refractivity contribution in [3.8, 4) is 11.5 Å². The van der Waals surface area contributed by atoms with Gasteiger partial charge >= 0.3 is 0 Å². The molecule has 7 heteroatoms. The Bertz CT molecular complexity index is 905. The van der Waals surface area contributed by atoms with Crippen molar-refractivity contribution < 1.29 is 19.1 Å². The maximum Gasteiger partial charge on any atom is 0.248 e. The Hall–Kier alpha value is -2.67. The van der Waals surface area contributed by atoms with E-state index in [1.807, 2.05) is 30.3 Å². The highest BCUT2D eigenvalue weighted by atomic mass is 32.2. The van der Waals surface area contributed by atoms with Gasteiger partial charge in [0.05, 0.1) is 19.9 Å². The Labute approximate surface area is 168 Å². The number of rotatable bonds is 5. The Balaban J connectivity index is 1.60. The molecule has 4 rings (SSSR count). The van der Waals surface area contributed by atoms with Crippen molar-refractivity contribution in [3.63, 3.8) is 0 Å². The molecule has 0 unspecified atom stereocenters. The molecule has 0 bridgehead atoms. The molecule has 0 spiro atoms. The predicted molar refractivity (Wildman–Crippen MR) is 109 cm³/mol. The van der Waals surface area contributed by atoms with Gasteiger partial charge in [-0.3, -0.25) is 9.59 Å². The lowest BCUT2D eigenvalue weighted by Crippen LogP contribution is -2.48. The van der Waals surface area contributed by atoms with E-state index in [0.29, 0.717) is 29.4 Å². The van der Waals surface area contributed by atoms with E-state index in [1.165, 1.54) is 0 Å². The van der Waals surface area contributed by atoms with Crippen LogP contribution < -0.4 is 14.8 Å². The van der Waals surface area contributed by atoms with Crippen LogP contribution in [0.1, 0.15) is 18.4 Å². The molecule has 2 fully saturated rings. The van der Waals surface area contributed by atoms with Gasteiger partial charge in [-0.1, -0.05) is 30.3 Å². The van der Waals surface area contributed by atoms with Gasteiger partial charge in [-0.25, -0.2) is 0 Å². The number of anilines is 1. The molecular weight excluding hydrogens is 376 g/mol. The van der Waals surface area contributed by atoms with Crippen LogP contribution in [0.2, 0.25) is 0 Å². The molecular formula is C21H22N2O4S. The summed E-state index contributed by atoms with van der Waals surface area (Å²) in [7, 11) is 3.12. The van der Waals surface area contributed by atoms with Crippen LogP contribution >= 0.6 is 11.8 Å². The molecule has 28 heavy (non-hydrogen) atoms. The van der Waals surface area contributed by atoms with Gasteiger partial charge < -0.3 is 19.7 Å². The van der Waals surface area contributed by atoms with Crippen LogP contribution in [0.15, 0.2) is 48.5 Å². The van der Waals surface area contributed by atoms with Crippen molar-refractivity contribution in [3.05, 3.63) is 54.1 Å². The topological polar surface area (TPSA) is 67.9 Å². The molecule has 2 amide bonds. The second kappa shape index (κ2) is 7.39. The summed E-state index contributed by atoms with van der Waals surface area (Å²) in [5, 5.41) is 2.93. The summed E-state index contributed by atoms with van der Waals surface area (Å²) < 4.78 is 10.6. The smallest absolute Gasteiger partial charge is 0.248 e. The van der Waals surface area contributed by atoms with Gasteiger partial charge in [0, 0.05) is 18.2 Å².